The molecular weight excluding hydrogens is 208 g/mol. The zero-order valence-electron chi connectivity index (χ0n) is 9.24. The molecule has 1 saturated heterocycles. The van der Waals surface area contributed by atoms with Crippen LogP contribution in [0.25, 0.3) is 0 Å². The number of carbonyl (C=O) groups is 1. The molecule has 4 heteroatoms. The standard InChI is InChI=1S/C11H18N2OS/c1-2-10-5-3-4-7-13(10)11(14)9-15-8-6-12/h10H,2-5,7-9H2,1H3/t10-/m1/s1. The number of hydrogen-bond acceptors (Lipinski definition) is 3. The molecule has 0 saturated carbocycles. The predicted octanol–water partition coefficient (Wildman–Crippen LogP) is 2.03. The third-order valence-corrected chi connectivity index (χ3v) is 3.60. The maximum Gasteiger partial charge on any atom is 0.232 e. The van der Waals surface area contributed by atoms with Crippen LogP contribution in [0.1, 0.15) is 32.6 Å². The van der Waals surface area contributed by atoms with Crippen molar-refractivity contribution in [3.05, 3.63) is 0 Å². The highest BCUT2D eigenvalue weighted by Crippen LogP contribution is 2.20. The van der Waals surface area contributed by atoms with Gasteiger partial charge < -0.3 is 4.90 Å². The Morgan fingerprint density at radius 2 is 2.40 bits per heavy atom. The minimum atomic E-state index is 0.210. The maximum absolute atomic E-state index is 11.8. The number of carbonyl (C=O) groups excluding carboxylic acids is 1. The number of piperidine rings is 1. The minimum absolute atomic E-state index is 0.210. The number of hydrogen-bond donors (Lipinski definition) is 0. The summed E-state index contributed by atoms with van der Waals surface area (Å²) in [6, 6.07) is 2.48. The van der Waals surface area contributed by atoms with E-state index < -0.39 is 0 Å². The molecule has 0 spiro atoms. The predicted molar refractivity (Wildman–Crippen MR) is 62.6 cm³/mol. The third-order valence-electron chi connectivity index (χ3n) is 2.81. The summed E-state index contributed by atoms with van der Waals surface area (Å²) in [6.07, 6.45) is 4.57. The highest BCUT2D eigenvalue weighted by atomic mass is 32.2. The first-order chi connectivity index (χ1) is 7.29. The summed E-state index contributed by atoms with van der Waals surface area (Å²) in [5.41, 5.74) is 0. The topological polar surface area (TPSA) is 44.1 Å². The molecule has 1 aliphatic heterocycles. The van der Waals surface area contributed by atoms with Crippen molar-refractivity contribution in [1.82, 2.24) is 4.90 Å². The van der Waals surface area contributed by atoms with Crippen molar-refractivity contribution >= 4 is 17.7 Å². The summed E-state index contributed by atoms with van der Waals surface area (Å²) in [5, 5.41) is 8.39. The van der Waals surface area contributed by atoms with Gasteiger partial charge in [0.05, 0.1) is 17.6 Å². The molecule has 1 atom stereocenters. The summed E-state index contributed by atoms with van der Waals surface area (Å²) in [7, 11) is 0. The summed E-state index contributed by atoms with van der Waals surface area (Å²) in [6.45, 7) is 3.04. The number of amides is 1. The van der Waals surface area contributed by atoms with Crippen LogP contribution in [0.5, 0.6) is 0 Å². The fourth-order valence-electron chi connectivity index (χ4n) is 2.02. The third kappa shape index (κ3) is 3.75. The number of nitrogens with zero attached hydrogens (tertiary/aromatic N) is 2. The fourth-order valence-corrected chi connectivity index (χ4v) is 2.55. The second-order valence-electron chi connectivity index (χ2n) is 3.80. The van der Waals surface area contributed by atoms with Crippen LogP contribution in [0, 0.1) is 11.3 Å². The fraction of sp³-hybridized carbons (Fsp3) is 0.818. The van der Waals surface area contributed by atoms with Gasteiger partial charge in [0.2, 0.25) is 5.91 Å². The van der Waals surface area contributed by atoms with E-state index in [-0.39, 0.29) is 5.91 Å². The molecule has 1 rings (SSSR count). The van der Waals surface area contributed by atoms with Crippen LogP contribution >= 0.6 is 11.8 Å². The second-order valence-corrected chi connectivity index (χ2v) is 4.78. The molecule has 1 heterocycles. The number of rotatable bonds is 4. The molecule has 1 aliphatic rings. The first kappa shape index (κ1) is 12.4. The highest BCUT2D eigenvalue weighted by molar-refractivity contribution is 8.00. The Labute approximate surface area is 95.8 Å². The van der Waals surface area contributed by atoms with Crippen molar-refractivity contribution in [1.29, 1.82) is 5.26 Å². The SMILES string of the molecule is CC[C@@H]1CCCCN1C(=O)CSCC#N. The van der Waals surface area contributed by atoms with Crippen molar-refractivity contribution in [3.8, 4) is 6.07 Å². The lowest BCUT2D eigenvalue weighted by atomic mass is 10.0. The van der Waals surface area contributed by atoms with Crippen molar-refractivity contribution in [3.63, 3.8) is 0 Å². The largest absolute Gasteiger partial charge is 0.339 e. The van der Waals surface area contributed by atoms with E-state index in [1.54, 1.807) is 0 Å². The lowest BCUT2D eigenvalue weighted by molar-refractivity contribution is -0.132. The molecule has 0 aromatic rings. The summed E-state index contributed by atoms with van der Waals surface area (Å²) >= 11 is 1.42. The Morgan fingerprint density at radius 1 is 1.60 bits per heavy atom. The average Bonchev–Trinajstić information content (AvgIpc) is 2.29. The molecule has 84 valence electrons. The van der Waals surface area contributed by atoms with E-state index in [0.717, 1.165) is 25.8 Å². The van der Waals surface area contributed by atoms with Gasteiger partial charge in [-0.25, -0.2) is 0 Å². The van der Waals surface area contributed by atoms with Gasteiger partial charge in [-0.3, -0.25) is 4.79 Å². The molecule has 0 aromatic carbocycles. The van der Waals surface area contributed by atoms with Crippen LogP contribution < -0.4 is 0 Å². The maximum atomic E-state index is 11.8. The van der Waals surface area contributed by atoms with E-state index >= 15 is 0 Å². The van der Waals surface area contributed by atoms with E-state index in [4.69, 9.17) is 5.26 Å². The summed E-state index contributed by atoms with van der Waals surface area (Å²) in [4.78, 5) is 13.8. The summed E-state index contributed by atoms with van der Waals surface area (Å²) < 4.78 is 0. The van der Waals surface area contributed by atoms with Gasteiger partial charge in [-0.2, -0.15) is 5.26 Å². The Bertz CT molecular complexity index is 249. The van der Waals surface area contributed by atoms with Crippen LogP contribution in [0.2, 0.25) is 0 Å². The quantitative estimate of drug-likeness (QED) is 0.689. The Balaban J connectivity index is 2.38. The average molecular weight is 226 g/mol. The van der Waals surface area contributed by atoms with Crippen molar-refractivity contribution < 1.29 is 4.79 Å². The normalized spacial score (nSPS) is 21.1. The van der Waals surface area contributed by atoms with Gasteiger partial charge in [0.15, 0.2) is 0 Å². The van der Waals surface area contributed by atoms with E-state index in [0.29, 0.717) is 17.5 Å². The van der Waals surface area contributed by atoms with E-state index in [1.165, 1.54) is 18.2 Å². The van der Waals surface area contributed by atoms with Crippen LogP contribution in [-0.4, -0.2) is 34.9 Å². The van der Waals surface area contributed by atoms with Crippen molar-refractivity contribution in [2.24, 2.45) is 0 Å². The monoisotopic (exact) mass is 226 g/mol. The van der Waals surface area contributed by atoms with Crippen LogP contribution in [0.15, 0.2) is 0 Å². The lowest BCUT2D eigenvalue weighted by Crippen LogP contribution is -2.44. The molecule has 0 bridgehead atoms. The Hall–Kier alpha value is -0.690. The van der Waals surface area contributed by atoms with E-state index in [1.807, 2.05) is 11.0 Å². The van der Waals surface area contributed by atoms with Crippen LogP contribution in [0.4, 0.5) is 0 Å². The lowest BCUT2D eigenvalue weighted by Gasteiger charge is -2.35. The van der Waals surface area contributed by atoms with Gasteiger partial charge in [-0.05, 0) is 25.7 Å². The molecule has 3 nitrogen and oxygen atoms in total. The Kier molecular flexibility index (Phi) is 5.56. The molecular formula is C11H18N2OS. The first-order valence-electron chi connectivity index (χ1n) is 5.53. The zero-order valence-corrected chi connectivity index (χ0v) is 10.1. The number of likely N-dealkylation sites (tertiary alicyclic amines) is 1. The highest BCUT2D eigenvalue weighted by Gasteiger charge is 2.24. The molecule has 0 radical (unpaired) electrons. The molecule has 15 heavy (non-hydrogen) atoms. The van der Waals surface area contributed by atoms with Crippen molar-refractivity contribution in [2.75, 3.05) is 18.1 Å². The molecule has 1 fully saturated rings. The Morgan fingerprint density at radius 3 is 3.07 bits per heavy atom. The van der Waals surface area contributed by atoms with E-state index in [9.17, 15) is 4.79 Å². The molecule has 1 amide bonds. The smallest absolute Gasteiger partial charge is 0.232 e. The van der Waals surface area contributed by atoms with Gasteiger partial charge in [-0.15, -0.1) is 11.8 Å². The zero-order chi connectivity index (χ0) is 11.1. The van der Waals surface area contributed by atoms with Gasteiger partial charge in [-0.1, -0.05) is 6.92 Å². The first-order valence-corrected chi connectivity index (χ1v) is 6.69. The van der Waals surface area contributed by atoms with Gasteiger partial charge in [0.25, 0.3) is 0 Å². The van der Waals surface area contributed by atoms with Crippen LogP contribution in [0.3, 0.4) is 0 Å². The molecule has 0 N–H and O–H groups in total. The van der Waals surface area contributed by atoms with Gasteiger partial charge >= 0.3 is 0 Å². The van der Waals surface area contributed by atoms with E-state index in [2.05, 4.69) is 6.92 Å². The molecule has 0 unspecified atom stereocenters. The number of nitriles is 1. The van der Waals surface area contributed by atoms with Gasteiger partial charge in [0.1, 0.15) is 0 Å². The molecule has 0 aliphatic carbocycles. The number of thioether (sulfide) groups is 1. The van der Waals surface area contributed by atoms with Crippen molar-refractivity contribution in [2.45, 2.75) is 38.6 Å². The minimum Gasteiger partial charge on any atom is -0.339 e. The molecule has 0 aromatic heterocycles. The second kappa shape index (κ2) is 6.73. The van der Waals surface area contributed by atoms with Gasteiger partial charge in [0, 0.05) is 12.6 Å². The van der Waals surface area contributed by atoms with Crippen LogP contribution in [-0.2, 0) is 4.79 Å². The summed E-state index contributed by atoms with van der Waals surface area (Å²) in [5.74, 6) is 1.09.